The van der Waals surface area contributed by atoms with Gasteiger partial charge >= 0.3 is 0 Å². The molecule has 1 heterocycles. The highest BCUT2D eigenvalue weighted by molar-refractivity contribution is 6.34. The normalized spacial score (nSPS) is 13.3. The summed E-state index contributed by atoms with van der Waals surface area (Å²) in [5.74, 6) is -0.295. The molecule has 0 saturated carbocycles. The van der Waals surface area contributed by atoms with Crippen LogP contribution in [0, 0.1) is 12.3 Å². The quantitative estimate of drug-likeness (QED) is 0.823. The zero-order valence-corrected chi connectivity index (χ0v) is 12.4. The third-order valence-electron chi connectivity index (χ3n) is 2.60. The van der Waals surface area contributed by atoms with Gasteiger partial charge in [-0.25, -0.2) is 4.98 Å². The molecule has 0 aliphatic rings. The average molecular weight is 290 g/mol. The summed E-state index contributed by atoms with van der Waals surface area (Å²) in [6, 6.07) is 0.995. The van der Waals surface area contributed by atoms with Crippen LogP contribution in [0.25, 0.3) is 0 Å². The predicted octanol–water partition coefficient (Wildman–Crippen LogP) is 3.01. The maximum absolute atomic E-state index is 12.0. The molecule has 1 aromatic rings. The second-order valence-corrected chi connectivity index (χ2v) is 6.01. The van der Waals surface area contributed by atoms with Gasteiger partial charge in [0.2, 0.25) is 5.91 Å². The number of nitrogens with two attached hydrogens (primary N) is 1. The van der Waals surface area contributed by atoms with Crippen molar-refractivity contribution in [3.63, 3.8) is 0 Å². The van der Waals surface area contributed by atoms with Gasteiger partial charge in [0.25, 0.3) is 0 Å². The molecule has 0 aliphatic heterocycles. The van der Waals surface area contributed by atoms with Crippen LogP contribution in [0.15, 0.2) is 6.07 Å². The van der Waals surface area contributed by atoms with E-state index < -0.39 is 6.04 Å². The van der Waals surface area contributed by atoms with Crippen molar-refractivity contribution in [3.8, 4) is 0 Å². The number of aryl methyl sites for hydroxylation is 1. The van der Waals surface area contributed by atoms with Gasteiger partial charge in [-0.2, -0.15) is 0 Å². The number of amides is 1. The van der Waals surface area contributed by atoms with E-state index >= 15 is 0 Å². The minimum atomic E-state index is -0.636. The fourth-order valence-corrected chi connectivity index (χ4v) is 1.92. The number of hydrogen-bond acceptors (Lipinski definition) is 3. The monoisotopic (exact) mass is 289 g/mol. The number of nitrogens with zero attached hydrogens (tertiary/aromatic N) is 1. The molecule has 0 aromatic carbocycles. The summed E-state index contributed by atoms with van der Waals surface area (Å²) in [6.07, 6.45) is 0. The van der Waals surface area contributed by atoms with Gasteiger partial charge in [0, 0.05) is 0 Å². The Morgan fingerprint density at radius 3 is 2.44 bits per heavy atom. The lowest BCUT2D eigenvalue weighted by molar-refractivity contribution is -0.119. The lowest BCUT2D eigenvalue weighted by Crippen LogP contribution is -2.45. The van der Waals surface area contributed by atoms with Crippen molar-refractivity contribution in [3.05, 3.63) is 21.9 Å². The van der Waals surface area contributed by atoms with Crippen molar-refractivity contribution in [1.82, 2.24) is 4.98 Å². The van der Waals surface area contributed by atoms with Crippen molar-refractivity contribution >= 4 is 34.8 Å². The number of anilines is 1. The Morgan fingerprint density at radius 1 is 1.44 bits per heavy atom. The summed E-state index contributed by atoms with van der Waals surface area (Å²) in [7, 11) is 0. The first-order valence-corrected chi connectivity index (χ1v) is 6.27. The number of hydrogen-bond donors (Lipinski definition) is 2. The van der Waals surface area contributed by atoms with E-state index in [-0.39, 0.29) is 21.6 Å². The first kappa shape index (κ1) is 15.2. The summed E-state index contributed by atoms with van der Waals surface area (Å²) in [5, 5.41) is 3.14. The lowest BCUT2D eigenvalue weighted by atomic mass is 9.87. The fourth-order valence-electron chi connectivity index (χ4n) is 1.34. The van der Waals surface area contributed by atoms with E-state index in [0.29, 0.717) is 5.69 Å². The zero-order valence-electron chi connectivity index (χ0n) is 10.8. The van der Waals surface area contributed by atoms with Crippen LogP contribution < -0.4 is 11.1 Å². The minimum Gasteiger partial charge on any atom is -0.322 e. The number of carbonyl (C=O) groups is 1. The van der Waals surface area contributed by atoms with E-state index in [1.165, 1.54) is 0 Å². The molecule has 1 aromatic heterocycles. The van der Waals surface area contributed by atoms with E-state index in [9.17, 15) is 4.79 Å². The van der Waals surface area contributed by atoms with Crippen LogP contribution in [0.1, 0.15) is 26.3 Å². The standard InChI is InChI=1S/C12H17Cl2N3O/c1-6-5-7(13)16-10(14)8(6)17-11(18)9(15)12(2,3)4/h5,9H,15H2,1-4H3,(H,17,18). The topological polar surface area (TPSA) is 68.0 Å². The maximum atomic E-state index is 12.0. The van der Waals surface area contributed by atoms with Gasteiger partial charge in [-0.1, -0.05) is 44.0 Å². The van der Waals surface area contributed by atoms with E-state index in [2.05, 4.69) is 10.3 Å². The van der Waals surface area contributed by atoms with Gasteiger partial charge in [-0.05, 0) is 24.0 Å². The number of rotatable bonds is 2. The van der Waals surface area contributed by atoms with Crippen molar-refractivity contribution in [2.75, 3.05) is 5.32 Å². The Bertz CT molecular complexity index is 446. The number of nitrogens with one attached hydrogen (secondary N) is 1. The Morgan fingerprint density at radius 2 is 2.00 bits per heavy atom. The molecule has 1 amide bonds. The maximum Gasteiger partial charge on any atom is 0.241 e. The van der Waals surface area contributed by atoms with Crippen LogP contribution in [0.2, 0.25) is 10.3 Å². The van der Waals surface area contributed by atoms with Crippen molar-refractivity contribution < 1.29 is 4.79 Å². The number of aromatic nitrogens is 1. The molecule has 3 N–H and O–H groups in total. The van der Waals surface area contributed by atoms with Crippen LogP contribution in [0.3, 0.4) is 0 Å². The van der Waals surface area contributed by atoms with Gasteiger partial charge in [-0.3, -0.25) is 4.79 Å². The molecule has 6 heteroatoms. The molecule has 0 aliphatic carbocycles. The molecule has 0 spiro atoms. The van der Waals surface area contributed by atoms with E-state index in [0.717, 1.165) is 5.56 Å². The number of halogens is 2. The van der Waals surface area contributed by atoms with E-state index in [4.69, 9.17) is 28.9 Å². The molecule has 0 saturated heterocycles. The molecule has 100 valence electrons. The summed E-state index contributed by atoms with van der Waals surface area (Å²) in [4.78, 5) is 15.9. The summed E-state index contributed by atoms with van der Waals surface area (Å²) in [6.45, 7) is 7.47. The summed E-state index contributed by atoms with van der Waals surface area (Å²) < 4.78 is 0. The summed E-state index contributed by atoms with van der Waals surface area (Å²) >= 11 is 11.7. The third kappa shape index (κ3) is 3.57. The van der Waals surface area contributed by atoms with Crippen molar-refractivity contribution in [1.29, 1.82) is 0 Å². The van der Waals surface area contributed by atoms with Crippen LogP contribution >= 0.6 is 23.2 Å². The van der Waals surface area contributed by atoms with Gasteiger partial charge in [0.1, 0.15) is 5.15 Å². The van der Waals surface area contributed by atoms with Crippen molar-refractivity contribution in [2.24, 2.45) is 11.1 Å². The summed E-state index contributed by atoms with van der Waals surface area (Å²) in [5.41, 5.74) is 6.74. The highest BCUT2D eigenvalue weighted by Gasteiger charge is 2.28. The highest BCUT2D eigenvalue weighted by atomic mass is 35.5. The van der Waals surface area contributed by atoms with Gasteiger partial charge in [-0.15, -0.1) is 0 Å². The number of carbonyl (C=O) groups excluding carboxylic acids is 1. The lowest BCUT2D eigenvalue weighted by Gasteiger charge is -2.26. The van der Waals surface area contributed by atoms with E-state index in [1.807, 2.05) is 20.8 Å². The Labute approximate surface area is 117 Å². The fraction of sp³-hybridized carbons (Fsp3) is 0.500. The zero-order chi connectivity index (χ0) is 14.1. The van der Waals surface area contributed by atoms with Crippen LogP contribution in [0.4, 0.5) is 5.69 Å². The molecule has 1 rings (SSSR count). The van der Waals surface area contributed by atoms with Gasteiger partial charge < -0.3 is 11.1 Å². The Balaban J connectivity index is 2.96. The molecule has 0 radical (unpaired) electrons. The second kappa shape index (κ2) is 5.43. The van der Waals surface area contributed by atoms with E-state index in [1.54, 1.807) is 13.0 Å². The first-order valence-electron chi connectivity index (χ1n) is 5.52. The molecule has 1 unspecified atom stereocenters. The molecule has 1 atom stereocenters. The second-order valence-electron chi connectivity index (χ2n) is 5.26. The predicted molar refractivity (Wildman–Crippen MR) is 75.1 cm³/mol. The molecule has 0 fully saturated rings. The van der Waals surface area contributed by atoms with Gasteiger partial charge in [0.15, 0.2) is 5.15 Å². The van der Waals surface area contributed by atoms with Crippen LogP contribution in [-0.4, -0.2) is 16.9 Å². The third-order valence-corrected chi connectivity index (χ3v) is 3.07. The smallest absolute Gasteiger partial charge is 0.241 e. The molecule has 4 nitrogen and oxygen atoms in total. The largest absolute Gasteiger partial charge is 0.322 e. The van der Waals surface area contributed by atoms with Crippen LogP contribution in [-0.2, 0) is 4.79 Å². The SMILES string of the molecule is Cc1cc(Cl)nc(Cl)c1NC(=O)C(N)C(C)(C)C. The molecule has 0 bridgehead atoms. The number of pyridine rings is 1. The highest BCUT2D eigenvalue weighted by Crippen LogP contribution is 2.27. The first-order chi connectivity index (χ1) is 8.12. The molecule has 18 heavy (non-hydrogen) atoms. The molecular weight excluding hydrogens is 273 g/mol. The average Bonchev–Trinajstić information content (AvgIpc) is 2.20. The Kier molecular flexibility index (Phi) is 4.59. The minimum absolute atomic E-state index is 0.162. The van der Waals surface area contributed by atoms with Crippen LogP contribution in [0.5, 0.6) is 0 Å². The Hall–Kier alpha value is -0.840. The van der Waals surface area contributed by atoms with Gasteiger partial charge in [0.05, 0.1) is 11.7 Å². The van der Waals surface area contributed by atoms with Crippen molar-refractivity contribution in [2.45, 2.75) is 33.7 Å². The molecular formula is C12H17Cl2N3O.